The minimum atomic E-state index is -3.75. The first-order chi connectivity index (χ1) is 15.2. The van der Waals surface area contributed by atoms with Crippen molar-refractivity contribution in [1.82, 2.24) is 4.31 Å². The van der Waals surface area contributed by atoms with Crippen molar-refractivity contribution in [2.24, 2.45) is 0 Å². The molecule has 8 heteroatoms. The summed E-state index contributed by atoms with van der Waals surface area (Å²) in [5.41, 5.74) is 2.71. The Morgan fingerprint density at radius 3 is 2.44 bits per heavy atom. The van der Waals surface area contributed by atoms with Gasteiger partial charge in [-0.25, -0.2) is 8.42 Å². The molecule has 0 aliphatic rings. The van der Waals surface area contributed by atoms with Crippen LogP contribution in [0.3, 0.4) is 0 Å². The summed E-state index contributed by atoms with van der Waals surface area (Å²) in [7, 11) is -2.27. The maximum Gasteiger partial charge on any atom is 0.255 e. The van der Waals surface area contributed by atoms with Gasteiger partial charge in [-0.3, -0.25) is 4.79 Å². The number of benzene rings is 3. The molecular weight excluding hydrogens is 448 g/mol. The smallest absolute Gasteiger partial charge is 0.255 e. The van der Waals surface area contributed by atoms with Gasteiger partial charge in [-0.2, -0.15) is 4.31 Å². The molecule has 0 aliphatic carbocycles. The van der Waals surface area contributed by atoms with Crippen LogP contribution in [0.2, 0.25) is 5.02 Å². The number of carbonyl (C=O) groups excluding carboxylic acids is 1. The molecule has 0 bridgehead atoms. The molecule has 3 aromatic carbocycles. The third-order valence-corrected chi connectivity index (χ3v) is 6.88. The van der Waals surface area contributed by atoms with Gasteiger partial charge in [-0.15, -0.1) is 0 Å². The minimum Gasteiger partial charge on any atom is -0.494 e. The van der Waals surface area contributed by atoms with Crippen LogP contribution >= 0.6 is 11.6 Å². The highest BCUT2D eigenvalue weighted by atomic mass is 35.5. The monoisotopic (exact) mass is 472 g/mol. The highest BCUT2D eigenvalue weighted by Crippen LogP contribution is 2.26. The van der Waals surface area contributed by atoms with Gasteiger partial charge in [0.15, 0.2) is 0 Å². The summed E-state index contributed by atoms with van der Waals surface area (Å²) in [5, 5.41) is 3.32. The zero-order valence-electron chi connectivity index (χ0n) is 18.1. The number of ether oxygens (including phenoxy) is 1. The highest BCUT2D eigenvalue weighted by Gasteiger charge is 2.23. The van der Waals surface area contributed by atoms with Gasteiger partial charge >= 0.3 is 0 Å². The average molecular weight is 473 g/mol. The number of halogens is 1. The first-order valence-electron chi connectivity index (χ1n) is 10.1. The van der Waals surface area contributed by atoms with Crippen LogP contribution in [-0.4, -0.2) is 32.3 Å². The number of amides is 1. The number of nitrogens with one attached hydrogen (secondary N) is 1. The fraction of sp³-hybridized carbons (Fsp3) is 0.208. The summed E-state index contributed by atoms with van der Waals surface area (Å²) in [6.07, 6.45) is 0. The second kappa shape index (κ2) is 10.2. The minimum absolute atomic E-state index is 0.0336. The van der Waals surface area contributed by atoms with Crippen LogP contribution in [-0.2, 0) is 16.6 Å². The number of rotatable bonds is 8. The molecule has 1 N–H and O–H groups in total. The van der Waals surface area contributed by atoms with Crippen molar-refractivity contribution in [3.63, 3.8) is 0 Å². The second-order valence-electron chi connectivity index (χ2n) is 7.29. The lowest BCUT2D eigenvalue weighted by atomic mass is 10.1. The molecule has 3 aromatic rings. The molecule has 0 fully saturated rings. The van der Waals surface area contributed by atoms with Crippen molar-refractivity contribution in [2.45, 2.75) is 25.3 Å². The van der Waals surface area contributed by atoms with Gasteiger partial charge in [-0.1, -0.05) is 23.7 Å². The maximum absolute atomic E-state index is 13.0. The second-order valence-corrected chi connectivity index (χ2v) is 9.78. The van der Waals surface area contributed by atoms with Crippen LogP contribution in [0.15, 0.2) is 71.6 Å². The molecule has 0 saturated carbocycles. The Labute approximate surface area is 193 Å². The number of sulfonamides is 1. The number of hydrogen-bond acceptors (Lipinski definition) is 4. The molecule has 0 aromatic heterocycles. The van der Waals surface area contributed by atoms with E-state index in [1.807, 2.05) is 38.1 Å². The predicted octanol–water partition coefficient (Wildman–Crippen LogP) is 5.12. The molecule has 3 rings (SSSR count). The largest absolute Gasteiger partial charge is 0.494 e. The van der Waals surface area contributed by atoms with Crippen molar-refractivity contribution in [3.05, 3.63) is 88.4 Å². The van der Waals surface area contributed by atoms with Gasteiger partial charge in [0, 0.05) is 35.4 Å². The molecule has 0 aliphatic heterocycles. The van der Waals surface area contributed by atoms with Crippen molar-refractivity contribution >= 4 is 33.2 Å². The van der Waals surface area contributed by atoms with Gasteiger partial charge < -0.3 is 10.1 Å². The molecule has 0 atom stereocenters. The van der Waals surface area contributed by atoms with E-state index in [1.54, 1.807) is 18.2 Å². The predicted molar refractivity (Wildman–Crippen MR) is 127 cm³/mol. The van der Waals surface area contributed by atoms with E-state index in [1.165, 1.54) is 35.6 Å². The quantitative estimate of drug-likeness (QED) is 0.493. The zero-order chi connectivity index (χ0) is 23.3. The topological polar surface area (TPSA) is 75.7 Å². The van der Waals surface area contributed by atoms with Crippen LogP contribution in [0.1, 0.15) is 28.4 Å². The summed E-state index contributed by atoms with van der Waals surface area (Å²) < 4.78 is 32.8. The number of aryl methyl sites for hydroxylation is 1. The van der Waals surface area contributed by atoms with E-state index in [2.05, 4.69) is 5.32 Å². The van der Waals surface area contributed by atoms with Gasteiger partial charge in [0.2, 0.25) is 10.0 Å². The Balaban J connectivity index is 1.87. The van der Waals surface area contributed by atoms with Gasteiger partial charge in [0.25, 0.3) is 5.91 Å². The van der Waals surface area contributed by atoms with Gasteiger partial charge in [0.05, 0.1) is 11.5 Å². The van der Waals surface area contributed by atoms with Crippen LogP contribution in [0.25, 0.3) is 0 Å². The maximum atomic E-state index is 13.0. The standard InChI is InChI=1S/C24H25ClN2O4S/c1-4-31-23-13-8-18(24(28)26-21-7-5-6-17(2)14-21)15-19(23)16-27(3)32(29,30)22-11-9-20(25)10-12-22/h5-15H,4,16H2,1-3H3,(H,26,28). The Hall–Kier alpha value is -2.87. The first-order valence-corrected chi connectivity index (χ1v) is 11.9. The van der Waals surface area contributed by atoms with Crippen molar-refractivity contribution in [1.29, 1.82) is 0 Å². The first kappa shape index (κ1) is 23.8. The molecule has 0 unspecified atom stereocenters. The molecule has 0 saturated heterocycles. The summed E-state index contributed by atoms with van der Waals surface area (Å²) in [5.74, 6) is 0.237. The Morgan fingerprint density at radius 1 is 1.06 bits per heavy atom. The van der Waals surface area contributed by atoms with Crippen LogP contribution in [0.5, 0.6) is 5.75 Å². The van der Waals surface area contributed by atoms with E-state index in [4.69, 9.17) is 16.3 Å². The number of hydrogen-bond donors (Lipinski definition) is 1. The fourth-order valence-electron chi connectivity index (χ4n) is 3.18. The third-order valence-electron chi connectivity index (χ3n) is 4.81. The van der Waals surface area contributed by atoms with Crippen molar-refractivity contribution in [2.75, 3.05) is 19.0 Å². The lowest BCUT2D eigenvalue weighted by molar-refractivity contribution is 0.102. The molecule has 0 radical (unpaired) electrons. The highest BCUT2D eigenvalue weighted by molar-refractivity contribution is 7.89. The van der Waals surface area contributed by atoms with Crippen LogP contribution in [0.4, 0.5) is 5.69 Å². The van der Waals surface area contributed by atoms with Gasteiger partial charge in [0.1, 0.15) is 5.75 Å². The Kier molecular flexibility index (Phi) is 7.56. The van der Waals surface area contributed by atoms with E-state index in [0.717, 1.165) is 5.56 Å². The number of nitrogens with zero attached hydrogens (tertiary/aromatic N) is 1. The fourth-order valence-corrected chi connectivity index (χ4v) is 4.45. The summed E-state index contributed by atoms with van der Waals surface area (Å²) in [6.45, 7) is 4.24. The molecule has 6 nitrogen and oxygen atoms in total. The van der Waals surface area contributed by atoms with Crippen molar-refractivity contribution in [3.8, 4) is 5.75 Å². The molecular formula is C24H25ClN2O4S. The molecule has 32 heavy (non-hydrogen) atoms. The van der Waals surface area contributed by atoms with E-state index in [-0.39, 0.29) is 17.3 Å². The molecule has 0 spiro atoms. The molecule has 168 valence electrons. The normalized spacial score (nSPS) is 11.4. The summed E-state index contributed by atoms with van der Waals surface area (Å²) >= 11 is 5.88. The van der Waals surface area contributed by atoms with E-state index >= 15 is 0 Å². The average Bonchev–Trinajstić information content (AvgIpc) is 2.75. The van der Waals surface area contributed by atoms with Crippen LogP contribution < -0.4 is 10.1 Å². The summed E-state index contributed by atoms with van der Waals surface area (Å²) in [6, 6.07) is 18.5. The number of carbonyl (C=O) groups is 1. The molecule has 1 amide bonds. The number of anilines is 1. The van der Waals surface area contributed by atoms with E-state index in [9.17, 15) is 13.2 Å². The Morgan fingerprint density at radius 2 is 1.78 bits per heavy atom. The van der Waals surface area contributed by atoms with Crippen molar-refractivity contribution < 1.29 is 17.9 Å². The SMILES string of the molecule is CCOc1ccc(C(=O)Nc2cccc(C)c2)cc1CN(C)S(=O)(=O)c1ccc(Cl)cc1. The van der Waals surface area contributed by atoms with Gasteiger partial charge in [-0.05, 0) is 74.0 Å². The zero-order valence-corrected chi connectivity index (χ0v) is 19.7. The molecule has 0 heterocycles. The Bertz CT molecular complexity index is 1210. The lowest BCUT2D eigenvalue weighted by Crippen LogP contribution is -2.27. The third kappa shape index (κ3) is 5.68. The van der Waals surface area contributed by atoms with E-state index < -0.39 is 10.0 Å². The lowest BCUT2D eigenvalue weighted by Gasteiger charge is -2.20. The van der Waals surface area contributed by atoms with E-state index in [0.29, 0.717) is 34.2 Å². The van der Waals surface area contributed by atoms with Crippen LogP contribution in [0, 0.1) is 6.92 Å². The summed E-state index contributed by atoms with van der Waals surface area (Å²) in [4.78, 5) is 12.9.